The zero-order chi connectivity index (χ0) is 19.8. The molecule has 1 aliphatic heterocycles. The van der Waals surface area contributed by atoms with Gasteiger partial charge in [-0.2, -0.15) is 13.2 Å². The number of hydrogen-bond acceptors (Lipinski definition) is 3. The van der Waals surface area contributed by atoms with Crippen LogP contribution in [0.25, 0.3) is 10.8 Å². The van der Waals surface area contributed by atoms with Crippen molar-refractivity contribution in [2.75, 3.05) is 13.2 Å². The molecule has 0 radical (unpaired) electrons. The van der Waals surface area contributed by atoms with Gasteiger partial charge in [0.2, 0.25) is 5.91 Å². The molecule has 1 N–H and O–H groups in total. The van der Waals surface area contributed by atoms with Gasteiger partial charge in [0.25, 0.3) is 0 Å². The second-order valence-electron chi connectivity index (χ2n) is 7.45. The Balaban J connectivity index is 2.15. The third-order valence-electron chi connectivity index (χ3n) is 4.70. The van der Waals surface area contributed by atoms with E-state index in [-0.39, 0.29) is 17.9 Å². The number of nitrogens with one attached hydrogen (secondary N) is 1. The molecular weight excluding hydrogens is 357 g/mol. The fourth-order valence-corrected chi connectivity index (χ4v) is 3.34. The SMILES string of the molecule is CCCOc1c([C@H](N2CC(C)(C)C(=O)N2)C(F)(F)F)ccc2ccccc12. The summed E-state index contributed by atoms with van der Waals surface area (Å²) in [5.74, 6) is -0.204. The van der Waals surface area contributed by atoms with Crippen LogP contribution in [-0.4, -0.2) is 30.2 Å². The maximum absolute atomic E-state index is 14.1. The summed E-state index contributed by atoms with van der Waals surface area (Å²) in [5.41, 5.74) is 1.51. The molecular formula is C20H23F3N2O2. The number of amides is 1. The predicted octanol–water partition coefficient (Wildman–Crippen LogP) is 4.61. The molecule has 0 aliphatic carbocycles. The van der Waals surface area contributed by atoms with Crippen LogP contribution in [0.3, 0.4) is 0 Å². The van der Waals surface area contributed by atoms with Crippen molar-refractivity contribution in [3.05, 3.63) is 42.0 Å². The van der Waals surface area contributed by atoms with Crippen molar-refractivity contribution in [3.63, 3.8) is 0 Å². The maximum atomic E-state index is 14.1. The Hall–Kier alpha value is -2.28. The molecule has 0 saturated carbocycles. The molecule has 3 rings (SSSR count). The summed E-state index contributed by atoms with van der Waals surface area (Å²) in [5, 5.41) is 2.41. The van der Waals surface area contributed by atoms with Crippen molar-refractivity contribution in [2.24, 2.45) is 5.41 Å². The normalized spacial score (nSPS) is 18.5. The van der Waals surface area contributed by atoms with Gasteiger partial charge in [0.15, 0.2) is 6.04 Å². The minimum absolute atomic E-state index is 0.00708. The van der Waals surface area contributed by atoms with Crippen LogP contribution in [-0.2, 0) is 4.79 Å². The molecule has 1 amide bonds. The Labute approximate surface area is 156 Å². The second kappa shape index (κ2) is 7.03. The van der Waals surface area contributed by atoms with Gasteiger partial charge in [0.05, 0.1) is 12.0 Å². The Morgan fingerprint density at radius 3 is 2.52 bits per heavy atom. The Kier molecular flexibility index (Phi) is 5.08. The lowest BCUT2D eigenvalue weighted by molar-refractivity contribution is -0.192. The smallest absolute Gasteiger partial charge is 0.410 e. The third-order valence-corrected chi connectivity index (χ3v) is 4.70. The van der Waals surface area contributed by atoms with Gasteiger partial charge in [-0.3, -0.25) is 10.2 Å². The third kappa shape index (κ3) is 3.74. The molecule has 1 atom stereocenters. The average Bonchev–Trinajstić information content (AvgIpc) is 2.85. The number of benzene rings is 2. The van der Waals surface area contributed by atoms with Gasteiger partial charge >= 0.3 is 6.18 Å². The van der Waals surface area contributed by atoms with Crippen LogP contribution in [0.15, 0.2) is 36.4 Å². The summed E-state index contributed by atoms with van der Waals surface area (Å²) in [6.07, 6.45) is -3.91. The van der Waals surface area contributed by atoms with Crippen molar-refractivity contribution >= 4 is 16.7 Å². The number of fused-ring (bicyclic) bond motifs is 1. The van der Waals surface area contributed by atoms with E-state index in [9.17, 15) is 18.0 Å². The highest BCUT2D eigenvalue weighted by atomic mass is 19.4. The van der Waals surface area contributed by atoms with Gasteiger partial charge in [-0.1, -0.05) is 43.3 Å². The first-order chi connectivity index (χ1) is 12.6. The van der Waals surface area contributed by atoms with Crippen molar-refractivity contribution in [2.45, 2.75) is 39.4 Å². The molecule has 27 heavy (non-hydrogen) atoms. The molecule has 1 fully saturated rings. The van der Waals surface area contributed by atoms with Gasteiger partial charge in [-0.15, -0.1) is 0 Å². The minimum Gasteiger partial charge on any atom is -0.493 e. The lowest BCUT2D eigenvalue weighted by Gasteiger charge is -2.31. The van der Waals surface area contributed by atoms with E-state index >= 15 is 0 Å². The van der Waals surface area contributed by atoms with Gasteiger partial charge in [0.1, 0.15) is 5.75 Å². The standard InChI is InChI=1S/C20H23F3N2O2/c1-4-11-27-16-14-8-6-5-7-13(14)9-10-15(16)17(20(21,22)23)25-12-19(2,3)18(26)24-25/h5-10,17H,4,11-12H2,1-3H3,(H,24,26)/t17-/m0/s1. The lowest BCUT2D eigenvalue weighted by Crippen LogP contribution is -2.43. The number of hydrogen-bond donors (Lipinski definition) is 1. The number of nitrogens with zero attached hydrogens (tertiary/aromatic N) is 1. The Bertz CT molecular complexity index is 849. The molecule has 7 heteroatoms. The summed E-state index contributed by atoms with van der Waals surface area (Å²) >= 11 is 0. The summed E-state index contributed by atoms with van der Waals surface area (Å²) < 4.78 is 48.0. The minimum atomic E-state index is -4.58. The van der Waals surface area contributed by atoms with Crippen molar-refractivity contribution in [1.29, 1.82) is 0 Å². The van der Waals surface area contributed by atoms with E-state index < -0.39 is 23.5 Å². The van der Waals surface area contributed by atoms with Crippen LogP contribution < -0.4 is 10.2 Å². The first-order valence-electron chi connectivity index (χ1n) is 8.94. The summed E-state index contributed by atoms with van der Waals surface area (Å²) in [7, 11) is 0. The van der Waals surface area contributed by atoms with Crippen LogP contribution in [0.4, 0.5) is 13.2 Å². The van der Waals surface area contributed by atoms with Gasteiger partial charge < -0.3 is 4.74 Å². The van der Waals surface area contributed by atoms with E-state index in [2.05, 4.69) is 5.43 Å². The van der Waals surface area contributed by atoms with Crippen LogP contribution in [0.5, 0.6) is 5.75 Å². The summed E-state index contributed by atoms with van der Waals surface area (Å²) in [4.78, 5) is 12.1. The number of rotatable bonds is 5. The molecule has 1 saturated heterocycles. The van der Waals surface area contributed by atoms with E-state index in [1.54, 1.807) is 32.0 Å². The van der Waals surface area contributed by atoms with Crippen LogP contribution in [0, 0.1) is 5.41 Å². The van der Waals surface area contributed by atoms with Crippen molar-refractivity contribution < 1.29 is 22.7 Å². The number of hydrazine groups is 1. The molecule has 4 nitrogen and oxygen atoms in total. The molecule has 0 aromatic heterocycles. The number of carbonyl (C=O) groups excluding carboxylic acids is 1. The number of alkyl halides is 3. The molecule has 0 spiro atoms. The highest BCUT2D eigenvalue weighted by molar-refractivity contribution is 5.90. The highest BCUT2D eigenvalue weighted by Gasteiger charge is 2.52. The number of ether oxygens (including phenoxy) is 1. The van der Waals surface area contributed by atoms with E-state index in [0.29, 0.717) is 18.4 Å². The zero-order valence-corrected chi connectivity index (χ0v) is 15.6. The quantitative estimate of drug-likeness (QED) is 0.824. The highest BCUT2D eigenvalue weighted by Crippen LogP contribution is 2.45. The Morgan fingerprint density at radius 2 is 1.93 bits per heavy atom. The molecule has 0 bridgehead atoms. The van der Waals surface area contributed by atoms with Crippen LogP contribution >= 0.6 is 0 Å². The summed E-state index contributed by atoms with van der Waals surface area (Å²) in [6, 6.07) is 8.31. The number of halogens is 3. The molecule has 0 unspecified atom stereocenters. The number of carbonyl (C=O) groups is 1. The first-order valence-corrected chi connectivity index (χ1v) is 8.94. The molecule has 146 valence electrons. The maximum Gasteiger partial charge on any atom is 0.410 e. The van der Waals surface area contributed by atoms with E-state index in [1.165, 1.54) is 6.07 Å². The zero-order valence-electron chi connectivity index (χ0n) is 15.6. The monoisotopic (exact) mass is 380 g/mol. The van der Waals surface area contributed by atoms with Crippen LogP contribution in [0.2, 0.25) is 0 Å². The van der Waals surface area contributed by atoms with E-state index in [0.717, 1.165) is 10.4 Å². The lowest BCUT2D eigenvalue weighted by atomic mass is 9.93. The topological polar surface area (TPSA) is 41.6 Å². The summed E-state index contributed by atoms with van der Waals surface area (Å²) in [6.45, 7) is 5.42. The largest absolute Gasteiger partial charge is 0.493 e. The van der Waals surface area contributed by atoms with Gasteiger partial charge in [-0.05, 0) is 25.7 Å². The van der Waals surface area contributed by atoms with Crippen molar-refractivity contribution in [1.82, 2.24) is 10.4 Å². The fourth-order valence-electron chi connectivity index (χ4n) is 3.34. The Morgan fingerprint density at radius 1 is 1.22 bits per heavy atom. The molecule has 1 heterocycles. The molecule has 2 aromatic rings. The first kappa shape index (κ1) is 19.5. The molecule has 1 aliphatic rings. The second-order valence-corrected chi connectivity index (χ2v) is 7.45. The fraction of sp³-hybridized carbons (Fsp3) is 0.450. The van der Waals surface area contributed by atoms with Crippen molar-refractivity contribution in [3.8, 4) is 5.75 Å². The van der Waals surface area contributed by atoms with E-state index in [1.807, 2.05) is 19.1 Å². The van der Waals surface area contributed by atoms with Gasteiger partial charge in [-0.25, -0.2) is 5.01 Å². The van der Waals surface area contributed by atoms with Gasteiger partial charge in [0, 0.05) is 17.5 Å². The molecule has 2 aromatic carbocycles. The average molecular weight is 380 g/mol. The van der Waals surface area contributed by atoms with E-state index in [4.69, 9.17) is 4.74 Å². The predicted molar refractivity (Wildman–Crippen MR) is 97.2 cm³/mol. The van der Waals surface area contributed by atoms with Crippen LogP contribution in [0.1, 0.15) is 38.8 Å².